The van der Waals surface area contributed by atoms with E-state index in [1.165, 1.54) is 20.8 Å². The van der Waals surface area contributed by atoms with Crippen molar-refractivity contribution in [2.45, 2.75) is 57.5 Å². The molecule has 1 aromatic rings. The van der Waals surface area contributed by atoms with Crippen molar-refractivity contribution in [3.05, 3.63) is 55.6 Å². The van der Waals surface area contributed by atoms with Crippen LogP contribution in [0.2, 0.25) is 0 Å². The van der Waals surface area contributed by atoms with Crippen molar-refractivity contribution in [3.8, 4) is 0 Å². The minimum atomic E-state index is -0.777. The van der Waals surface area contributed by atoms with Gasteiger partial charge in [0.15, 0.2) is 0 Å². The Bertz CT molecular complexity index is 854. The molecule has 7 heteroatoms. The van der Waals surface area contributed by atoms with Crippen molar-refractivity contribution in [2.75, 3.05) is 0 Å². The normalized spacial score (nSPS) is 26.8. The van der Waals surface area contributed by atoms with Crippen LogP contribution < -0.4 is 17.0 Å². The molecule has 3 rings (SSSR count). The first-order chi connectivity index (χ1) is 13.3. The Kier molecular flexibility index (Phi) is 6.31. The summed E-state index contributed by atoms with van der Waals surface area (Å²) >= 11 is 0.666. The van der Waals surface area contributed by atoms with Crippen LogP contribution in [0.1, 0.15) is 61.4 Å². The van der Waals surface area contributed by atoms with Crippen molar-refractivity contribution >= 4 is 31.7 Å². The quantitative estimate of drug-likeness (QED) is 0.227. The van der Waals surface area contributed by atoms with Crippen molar-refractivity contribution < 1.29 is 14.3 Å². The summed E-state index contributed by atoms with van der Waals surface area (Å²) in [4.78, 5) is 11.6. The molecule has 5 nitrogen and oxygen atoms in total. The van der Waals surface area contributed by atoms with Gasteiger partial charge in [0.25, 0.3) is 0 Å². The van der Waals surface area contributed by atoms with Crippen molar-refractivity contribution in [1.82, 2.24) is 5.43 Å². The minimum absolute atomic E-state index is 0.228. The van der Waals surface area contributed by atoms with Crippen LogP contribution in [0, 0.1) is 11.2 Å². The summed E-state index contributed by atoms with van der Waals surface area (Å²) in [5.41, 5.74) is 10.5. The Morgan fingerprint density at radius 2 is 2.18 bits per heavy atom. The zero-order valence-electron chi connectivity index (χ0n) is 16.2. The molecule has 148 valence electrons. The van der Waals surface area contributed by atoms with Gasteiger partial charge < -0.3 is 0 Å². The zero-order chi connectivity index (χ0) is 20.5. The molecule has 0 spiro atoms. The number of allylic oxidation sites excluding steroid dienone is 2. The van der Waals surface area contributed by atoms with E-state index in [4.69, 9.17) is 11.6 Å². The number of benzene rings is 1. The Morgan fingerprint density at radius 1 is 1.43 bits per heavy atom. The Morgan fingerprint density at radius 3 is 2.82 bits per heavy atom. The summed E-state index contributed by atoms with van der Waals surface area (Å²) in [7, 11) is 0. The van der Waals surface area contributed by atoms with Crippen LogP contribution in [0.5, 0.6) is 0 Å². The SMILES string of the molecule is CCC12C[C]([Tl])=C(NN)C=C1CC[C@@]2(O)CCCc1ccc(F)cc1C(N)=O. The molecule has 2 aliphatic rings. The van der Waals surface area contributed by atoms with E-state index in [9.17, 15) is 14.3 Å². The molecule has 2 atom stereocenters. The predicted octanol–water partition coefficient (Wildman–Crippen LogP) is 2.34. The predicted molar refractivity (Wildman–Crippen MR) is 108 cm³/mol. The summed E-state index contributed by atoms with van der Waals surface area (Å²) in [6, 6.07) is 4.16. The summed E-state index contributed by atoms with van der Waals surface area (Å²) in [5, 5.41) is 11.7. The Labute approximate surface area is 181 Å². The van der Waals surface area contributed by atoms with E-state index in [0.717, 1.165) is 36.9 Å². The zero-order valence-corrected chi connectivity index (χ0v) is 20.7. The number of fused-ring (bicyclic) bond motifs is 1. The second-order valence-corrected chi connectivity index (χ2v) is 10.6. The molecule has 0 aromatic heterocycles. The molecule has 0 saturated heterocycles. The van der Waals surface area contributed by atoms with Gasteiger partial charge in [-0.05, 0) is 0 Å². The Hall–Kier alpha value is -1.26. The Balaban J connectivity index is 1.78. The van der Waals surface area contributed by atoms with Gasteiger partial charge in [0.2, 0.25) is 0 Å². The molecule has 1 unspecified atom stereocenters. The molecule has 0 heterocycles. The number of nitrogens with one attached hydrogen (secondary N) is 1. The van der Waals surface area contributed by atoms with Gasteiger partial charge in [-0.2, -0.15) is 0 Å². The van der Waals surface area contributed by atoms with E-state index in [-0.39, 0.29) is 11.0 Å². The third kappa shape index (κ3) is 3.66. The van der Waals surface area contributed by atoms with E-state index in [1.54, 1.807) is 6.07 Å². The standard InChI is InChI=1S/C21H27FN3O2.Tl/c1-2-20-10-8-17(25-24)12-15(20)7-11-21(20,27)9-3-4-14-5-6-16(22)13-18(14)19(23)26;/h5-6,12-13,25,27H,2-4,7,9-11,24H2,1H3,(H2,23,26);/t20?,21-;/m0./s1. The van der Waals surface area contributed by atoms with Gasteiger partial charge >= 0.3 is 181 Å². The fourth-order valence-corrected chi connectivity index (χ4v) is 7.04. The molecule has 1 amide bonds. The van der Waals surface area contributed by atoms with Crippen LogP contribution in [0.25, 0.3) is 0 Å². The fourth-order valence-electron chi connectivity index (χ4n) is 5.04. The topological polar surface area (TPSA) is 101 Å². The maximum atomic E-state index is 13.4. The number of primary amides is 1. The van der Waals surface area contributed by atoms with E-state index in [0.29, 0.717) is 45.0 Å². The van der Waals surface area contributed by atoms with Gasteiger partial charge in [-0.25, -0.2) is 0 Å². The first-order valence-electron chi connectivity index (χ1n) is 9.73. The summed E-state index contributed by atoms with van der Waals surface area (Å²) in [6.07, 6.45) is 7.42. The molecule has 1 aromatic carbocycles. The molecule has 1 saturated carbocycles. The number of halogens is 1. The molecular formula is C21H27FN3O2Tl. The number of hydrogen-bond acceptors (Lipinski definition) is 4. The molecule has 0 bridgehead atoms. The molecule has 0 aliphatic heterocycles. The van der Waals surface area contributed by atoms with Gasteiger partial charge in [-0.1, -0.05) is 0 Å². The number of aliphatic hydroxyl groups is 1. The number of amides is 1. The summed E-state index contributed by atoms with van der Waals surface area (Å²) in [6.45, 7) is 2.15. The van der Waals surface area contributed by atoms with E-state index >= 15 is 0 Å². The van der Waals surface area contributed by atoms with Gasteiger partial charge in [0.1, 0.15) is 0 Å². The first-order valence-corrected chi connectivity index (χ1v) is 12.0. The number of nitrogens with two attached hydrogens (primary N) is 2. The molecule has 6 N–H and O–H groups in total. The second-order valence-electron chi connectivity index (χ2n) is 7.92. The second kappa shape index (κ2) is 8.24. The average Bonchev–Trinajstić information content (AvgIpc) is 2.94. The molecule has 1 fully saturated rings. The van der Waals surface area contributed by atoms with Gasteiger partial charge in [0, 0.05) is 0 Å². The average molecular weight is 577 g/mol. The third-order valence-corrected chi connectivity index (χ3v) is 8.61. The van der Waals surface area contributed by atoms with Crippen molar-refractivity contribution in [1.29, 1.82) is 0 Å². The summed E-state index contributed by atoms with van der Waals surface area (Å²) in [5.74, 6) is 4.58. The third-order valence-electron chi connectivity index (χ3n) is 6.60. The molecule has 0 radical (unpaired) electrons. The number of carbonyl (C=O) groups is 1. The molecule has 2 aliphatic carbocycles. The number of aryl methyl sites for hydroxylation is 1. The molecular weight excluding hydrogens is 550 g/mol. The van der Waals surface area contributed by atoms with Crippen LogP contribution in [0.15, 0.2) is 38.7 Å². The van der Waals surface area contributed by atoms with E-state index < -0.39 is 17.3 Å². The van der Waals surface area contributed by atoms with Crippen molar-refractivity contribution in [3.63, 3.8) is 0 Å². The molecule has 28 heavy (non-hydrogen) atoms. The van der Waals surface area contributed by atoms with Gasteiger partial charge in [-0.3, -0.25) is 0 Å². The fraction of sp³-hybridized carbons (Fsp3) is 0.476. The van der Waals surface area contributed by atoms with E-state index in [2.05, 4.69) is 18.4 Å². The van der Waals surface area contributed by atoms with Crippen LogP contribution in [0.4, 0.5) is 4.39 Å². The first kappa shape index (κ1) is 21.5. The number of hydrogen-bond donors (Lipinski definition) is 4. The number of carbonyl (C=O) groups excluding carboxylic acids is 1. The van der Waals surface area contributed by atoms with Crippen molar-refractivity contribution in [2.24, 2.45) is 17.0 Å². The van der Waals surface area contributed by atoms with Crippen LogP contribution in [-0.2, 0) is 6.42 Å². The van der Waals surface area contributed by atoms with Crippen LogP contribution >= 0.6 is 0 Å². The van der Waals surface area contributed by atoms with Gasteiger partial charge in [-0.15, -0.1) is 0 Å². The monoisotopic (exact) mass is 577 g/mol. The number of rotatable bonds is 7. The van der Waals surface area contributed by atoms with Crippen LogP contribution in [-0.4, -0.2) is 42.4 Å². The van der Waals surface area contributed by atoms with Gasteiger partial charge in [0.05, 0.1) is 0 Å². The van der Waals surface area contributed by atoms with Crippen LogP contribution in [0.3, 0.4) is 0 Å². The van der Waals surface area contributed by atoms with E-state index in [1.807, 2.05) is 0 Å². The maximum absolute atomic E-state index is 13.4. The number of hydrazine groups is 1. The summed E-state index contributed by atoms with van der Waals surface area (Å²) < 4.78 is 14.8.